The van der Waals surface area contributed by atoms with E-state index < -0.39 is 0 Å². The van der Waals surface area contributed by atoms with E-state index in [1.807, 2.05) is 13.8 Å². The quantitative estimate of drug-likeness (QED) is 0.644. The van der Waals surface area contributed by atoms with Crippen molar-refractivity contribution >= 4 is 5.97 Å². The van der Waals surface area contributed by atoms with Gasteiger partial charge in [0.05, 0.1) is 12.0 Å². The second kappa shape index (κ2) is 4.02. The lowest BCUT2D eigenvalue weighted by molar-refractivity contribution is -0.176. The molecule has 5 atom stereocenters. The first-order chi connectivity index (χ1) is 7.44. The third-order valence-corrected chi connectivity index (χ3v) is 4.61. The molecule has 1 N–H and O–H groups in total. The number of hydrogen-bond acceptors (Lipinski definition) is 3. The summed E-state index contributed by atoms with van der Waals surface area (Å²) >= 11 is 0. The third-order valence-electron chi connectivity index (χ3n) is 4.61. The number of esters is 1. The minimum atomic E-state index is -0.347. The summed E-state index contributed by atoms with van der Waals surface area (Å²) in [6.45, 7) is 6.05. The van der Waals surface area contributed by atoms with Gasteiger partial charge in [0, 0.05) is 5.92 Å². The number of hydrogen-bond donors (Lipinski definition) is 1. The fourth-order valence-corrected chi connectivity index (χ4v) is 3.28. The maximum absolute atomic E-state index is 11.8. The normalized spacial score (nSPS) is 49.1. The Kier molecular flexibility index (Phi) is 2.99. The molecular weight excluding hydrogens is 204 g/mol. The van der Waals surface area contributed by atoms with Gasteiger partial charge in [-0.05, 0) is 38.5 Å². The highest BCUT2D eigenvalue weighted by Gasteiger charge is 2.48. The molecule has 1 heterocycles. The summed E-state index contributed by atoms with van der Waals surface area (Å²) in [6.07, 6.45) is 3.18. The van der Waals surface area contributed by atoms with Gasteiger partial charge in [0.25, 0.3) is 0 Å². The minimum absolute atomic E-state index is 0.00627. The average molecular weight is 226 g/mol. The zero-order valence-electron chi connectivity index (χ0n) is 10.4. The Morgan fingerprint density at radius 1 is 1.31 bits per heavy atom. The summed E-state index contributed by atoms with van der Waals surface area (Å²) in [5, 5.41) is 9.91. The lowest BCUT2D eigenvalue weighted by Crippen LogP contribution is -2.49. The molecule has 1 aliphatic carbocycles. The highest BCUT2D eigenvalue weighted by atomic mass is 16.6. The molecule has 1 saturated carbocycles. The molecule has 0 aromatic heterocycles. The van der Waals surface area contributed by atoms with Crippen LogP contribution in [0.25, 0.3) is 0 Å². The molecule has 0 amide bonds. The van der Waals surface area contributed by atoms with Crippen LogP contribution in [0.15, 0.2) is 0 Å². The molecular formula is C13H22O3. The molecule has 2 rings (SSSR count). The van der Waals surface area contributed by atoms with Gasteiger partial charge < -0.3 is 9.84 Å². The van der Waals surface area contributed by atoms with Crippen LogP contribution in [-0.2, 0) is 9.53 Å². The monoisotopic (exact) mass is 226 g/mol. The fraction of sp³-hybridized carbons (Fsp3) is 0.923. The van der Waals surface area contributed by atoms with Crippen molar-refractivity contribution in [3.8, 4) is 0 Å². The van der Waals surface area contributed by atoms with Crippen LogP contribution in [0.5, 0.6) is 0 Å². The minimum Gasteiger partial charge on any atom is -0.459 e. The smallest absolute Gasteiger partial charge is 0.309 e. The average Bonchev–Trinajstić information content (AvgIpc) is 2.33. The van der Waals surface area contributed by atoms with Crippen molar-refractivity contribution in [1.82, 2.24) is 0 Å². The molecule has 2 aliphatic rings. The largest absolute Gasteiger partial charge is 0.459 e. The van der Waals surface area contributed by atoms with Gasteiger partial charge in [0.15, 0.2) is 0 Å². The lowest BCUT2D eigenvalue weighted by atomic mass is 9.67. The summed E-state index contributed by atoms with van der Waals surface area (Å²) in [6, 6.07) is 0. The summed E-state index contributed by atoms with van der Waals surface area (Å²) in [5.41, 5.74) is -0.347. The topological polar surface area (TPSA) is 46.5 Å². The predicted octanol–water partition coefficient (Wildman–Crippen LogP) is 2.13. The van der Waals surface area contributed by atoms with Crippen molar-refractivity contribution < 1.29 is 14.6 Å². The predicted molar refractivity (Wildman–Crippen MR) is 60.8 cm³/mol. The number of aliphatic hydroxyl groups is 1. The number of carbonyl (C=O) groups excluding carboxylic acids is 1. The van der Waals surface area contributed by atoms with Crippen LogP contribution in [-0.4, -0.2) is 22.8 Å². The first-order valence-corrected chi connectivity index (χ1v) is 6.35. The molecule has 1 saturated heterocycles. The van der Waals surface area contributed by atoms with Crippen molar-refractivity contribution in [1.29, 1.82) is 0 Å². The van der Waals surface area contributed by atoms with Crippen LogP contribution in [0.2, 0.25) is 0 Å². The standard InChI is InChI=1S/C13H22O3/c1-8-4-5-10-9(2)11(14)6-7-13(10,3)16-12(8)15/h8-11,14H,4-7H2,1-3H3/t8-,9+,10+,11+,13+/m1/s1. The van der Waals surface area contributed by atoms with Gasteiger partial charge >= 0.3 is 5.97 Å². The second-order valence-electron chi connectivity index (χ2n) is 5.78. The van der Waals surface area contributed by atoms with Gasteiger partial charge in [-0.1, -0.05) is 13.8 Å². The number of carbonyl (C=O) groups is 1. The number of fused-ring (bicyclic) bond motifs is 1. The molecule has 16 heavy (non-hydrogen) atoms. The Bertz CT molecular complexity index is 289. The molecule has 0 bridgehead atoms. The Morgan fingerprint density at radius 3 is 2.69 bits per heavy atom. The molecule has 1 aliphatic heterocycles. The molecule has 0 aromatic rings. The van der Waals surface area contributed by atoms with Gasteiger partial charge in [-0.3, -0.25) is 4.79 Å². The van der Waals surface area contributed by atoms with Crippen LogP contribution in [0.1, 0.15) is 46.5 Å². The van der Waals surface area contributed by atoms with E-state index in [-0.39, 0.29) is 29.5 Å². The molecule has 3 nitrogen and oxygen atoms in total. The first-order valence-electron chi connectivity index (χ1n) is 6.35. The van der Waals surface area contributed by atoms with Gasteiger partial charge in [-0.15, -0.1) is 0 Å². The molecule has 0 radical (unpaired) electrons. The van der Waals surface area contributed by atoms with E-state index in [4.69, 9.17) is 4.74 Å². The SMILES string of the molecule is C[C@@H]1[C@@H](O)CC[C@]2(C)OC(=O)[C@H](C)CC[C@@H]12. The maximum atomic E-state index is 11.8. The van der Waals surface area contributed by atoms with Crippen molar-refractivity contribution in [2.45, 2.75) is 58.2 Å². The number of ether oxygens (including phenoxy) is 1. The Balaban J connectivity index is 2.24. The number of rotatable bonds is 0. The van der Waals surface area contributed by atoms with E-state index in [1.54, 1.807) is 0 Å². The van der Waals surface area contributed by atoms with Crippen molar-refractivity contribution in [3.63, 3.8) is 0 Å². The van der Waals surface area contributed by atoms with E-state index in [2.05, 4.69) is 6.92 Å². The van der Waals surface area contributed by atoms with Gasteiger partial charge in [-0.2, -0.15) is 0 Å². The third kappa shape index (κ3) is 1.86. The van der Waals surface area contributed by atoms with Crippen LogP contribution in [0.3, 0.4) is 0 Å². The Morgan fingerprint density at radius 2 is 2.00 bits per heavy atom. The zero-order chi connectivity index (χ0) is 11.9. The summed E-state index contributed by atoms with van der Waals surface area (Å²) in [4.78, 5) is 11.8. The second-order valence-corrected chi connectivity index (χ2v) is 5.78. The molecule has 0 aromatic carbocycles. The molecule has 0 spiro atoms. The molecule has 3 heteroatoms. The molecule has 0 unspecified atom stereocenters. The van der Waals surface area contributed by atoms with Crippen LogP contribution in [0.4, 0.5) is 0 Å². The van der Waals surface area contributed by atoms with Gasteiger partial charge in [0.1, 0.15) is 5.60 Å². The van der Waals surface area contributed by atoms with E-state index in [9.17, 15) is 9.90 Å². The first kappa shape index (κ1) is 11.9. The molecule has 92 valence electrons. The zero-order valence-corrected chi connectivity index (χ0v) is 10.4. The highest BCUT2D eigenvalue weighted by molar-refractivity contribution is 5.72. The van der Waals surface area contributed by atoms with E-state index in [1.165, 1.54) is 0 Å². The summed E-state index contributed by atoms with van der Waals surface area (Å²) in [7, 11) is 0. The van der Waals surface area contributed by atoms with Crippen molar-refractivity contribution in [2.24, 2.45) is 17.8 Å². The van der Waals surface area contributed by atoms with Gasteiger partial charge in [0.2, 0.25) is 0 Å². The van der Waals surface area contributed by atoms with E-state index >= 15 is 0 Å². The number of aliphatic hydroxyl groups excluding tert-OH is 1. The van der Waals surface area contributed by atoms with Crippen LogP contribution < -0.4 is 0 Å². The van der Waals surface area contributed by atoms with Crippen LogP contribution >= 0.6 is 0 Å². The maximum Gasteiger partial charge on any atom is 0.309 e. The summed E-state index contributed by atoms with van der Waals surface area (Å²) in [5.74, 6) is 0.488. The Hall–Kier alpha value is -0.570. The van der Waals surface area contributed by atoms with E-state index in [0.29, 0.717) is 5.92 Å². The Labute approximate surface area is 97.2 Å². The summed E-state index contributed by atoms with van der Waals surface area (Å²) < 4.78 is 5.68. The lowest BCUT2D eigenvalue weighted by Gasteiger charge is -2.45. The fourth-order valence-electron chi connectivity index (χ4n) is 3.28. The van der Waals surface area contributed by atoms with Gasteiger partial charge in [-0.25, -0.2) is 0 Å². The van der Waals surface area contributed by atoms with Crippen molar-refractivity contribution in [3.05, 3.63) is 0 Å². The van der Waals surface area contributed by atoms with Crippen LogP contribution in [0, 0.1) is 17.8 Å². The van der Waals surface area contributed by atoms with Crippen molar-refractivity contribution in [2.75, 3.05) is 0 Å². The highest BCUT2D eigenvalue weighted by Crippen LogP contribution is 2.45. The van der Waals surface area contributed by atoms with E-state index in [0.717, 1.165) is 25.7 Å². The molecule has 2 fully saturated rings.